The molecule has 2 aliphatic rings. The van der Waals surface area contributed by atoms with Crippen LogP contribution in [0.1, 0.15) is 81.3 Å². The minimum atomic E-state index is -3.23. The molecule has 0 aliphatic carbocycles. The lowest BCUT2D eigenvalue weighted by molar-refractivity contribution is -0.147. The van der Waals surface area contributed by atoms with Gasteiger partial charge in [0.15, 0.2) is 9.84 Å². The fourth-order valence-corrected chi connectivity index (χ4v) is 8.19. The van der Waals surface area contributed by atoms with Crippen molar-refractivity contribution >= 4 is 15.8 Å². The van der Waals surface area contributed by atoms with E-state index < -0.39 is 21.8 Å². The summed E-state index contributed by atoms with van der Waals surface area (Å²) in [6, 6.07) is 15.5. The second-order valence-corrected chi connectivity index (χ2v) is 16.0. The second-order valence-electron chi connectivity index (χ2n) is 14.0. The van der Waals surface area contributed by atoms with Crippen LogP contribution in [0.4, 0.5) is 4.39 Å². The lowest BCUT2D eigenvalue weighted by atomic mass is 9.81. The zero-order chi connectivity index (χ0) is 33.2. The number of aromatic nitrogens is 2. The van der Waals surface area contributed by atoms with Crippen LogP contribution in [0.2, 0.25) is 0 Å². The molecule has 0 radical (unpaired) electrons. The maximum atomic E-state index is 14.3. The summed E-state index contributed by atoms with van der Waals surface area (Å²) in [5.74, 6) is -0.375. The first-order chi connectivity index (χ1) is 21.8. The van der Waals surface area contributed by atoms with Crippen molar-refractivity contribution in [3.8, 4) is 0 Å². The lowest BCUT2D eigenvalue weighted by Crippen LogP contribution is -2.49. The first-order valence-corrected chi connectivity index (χ1v) is 18.5. The summed E-state index contributed by atoms with van der Waals surface area (Å²) in [7, 11) is -3.23. The molecule has 0 unspecified atom stereocenters. The standard InChI is InChI=1S/C36H49FN4O4S/c1-6-36(3,4)34(35(42)43)40-23-28(32(24-40)27-9-8-10-29(37)20-27)22-39-17-15-26(16-18-39)33-21-30(38-41(33)7-2)19-25-11-13-31(14-12-25)46(5,44)45/h8-14,20-21,26,28,32,34H,6-7,15-19,22-24H2,1-5H3,(H,42,43)/t28-,32+,34-/m0/s1. The van der Waals surface area contributed by atoms with Crippen molar-refractivity contribution in [1.29, 1.82) is 0 Å². The van der Waals surface area contributed by atoms with Gasteiger partial charge >= 0.3 is 5.97 Å². The monoisotopic (exact) mass is 652 g/mol. The summed E-state index contributed by atoms with van der Waals surface area (Å²) in [6.45, 7) is 13.0. The van der Waals surface area contributed by atoms with Gasteiger partial charge in [-0.1, -0.05) is 45.0 Å². The fraction of sp³-hybridized carbons (Fsp3) is 0.556. The number of halogens is 1. The van der Waals surface area contributed by atoms with Gasteiger partial charge in [0, 0.05) is 56.4 Å². The molecule has 1 N–H and O–H groups in total. The van der Waals surface area contributed by atoms with Gasteiger partial charge < -0.3 is 10.0 Å². The normalized spacial score (nSPS) is 21.1. The van der Waals surface area contributed by atoms with Crippen LogP contribution in [0.5, 0.6) is 0 Å². The maximum Gasteiger partial charge on any atom is 0.321 e. The van der Waals surface area contributed by atoms with E-state index >= 15 is 0 Å². The molecule has 46 heavy (non-hydrogen) atoms. The van der Waals surface area contributed by atoms with Crippen molar-refractivity contribution < 1.29 is 22.7 Å². The maximum absolute atomic E-state index is 14.3. The number of sulfone groups is 1. The van der Waals surface area contributed by atoms with Crippen LogP contribution in [0.25, 0.3) is 0 Å². The largest absolute Gasteiger partial charge is 0.480 e. The molecule has 2 fully saturated rings. The van der Waals surface area contributed by atoms with Crippen molar-refractivity contribution in [1.82, 2.24) is 19.6 Å². The smallest absolute Gasteiger partial charge is 0.321 e. The van der Waals surface area contributed by atoms with E-state index in [4.69, 9.17) is 5.10 Å². The quantitative estimate of drug-likeness (QED) is 0.264. The SMILES string of the molecule is CCn1nc(Cc2ccc(S(C)(=O)=O)cc2)cc1C1CCN(C[C@H]2CN([C@@H](C(=O)O)C(C)(C)CC)C[C@@H]2c2cccc(F)c2)CC1. The summed E-state index contributed by atoms with van der Waals surface area (Å²) in [5, 5.41) is 15.2. The Hall–Kier alpha value is -3.08. The van der Waals surface area contributed by atoms with E-state index in [1.165, 1.54) is 18.0 Å². The molecule has 0 bridgehead atoms. The molecule has 2 aliphatic heterocycles. The van der Waals surface area contributed by atoms with Crippen LogP contribution in [-0.2, 0) is 27.6 Å². The van der Waals surface area contributed by atoms with Crippen LogP contribution < -0.4 is 0 Å². The minimum absolute atomic E-state index is 0.0681. The zero-order valence-corrected chi connectivity index (χ0v) is 28.6. The molecule has 0 spiro atoms. The molecule has 10 heteroatoms. The molecule has 5 rings (SSSR count). The Morgan fingerprint density at radius 3 is 2.35 bits per heavy atom. The van der Waals surface area contributed by atoms with E-state index in [1.807, 2.05) is 39.0 Å². The third kappa shape index (κ3) is 7.72. The van der Waals surface area contributed by atoms with Crippen molar-refractivity contribution in [2.75, 3.05) is 39.0 Å². The first kappa shape index (κ1) is 34.3. The van der Waals surface area contributed by atoms with E-state index in [0.717, 1.165) is 62.3 Å². The molecule has 8 nitrogen and oxygen atoms in total. The molecule has 3 aromatic rings. The summed E-state index contributed by atoms with van der Waals surface area (Å²) < 4.78 is 40.1. The van der Waals surface area contributed by atoms with Crippen molar-refractivity contribution in [3.05, 3.63) is 82.9 Å². The highest BCUT2D eigenvalue weighted by Gasteiger charge is 2.45. The van der Waals surface area contributed by atoms with Crippen LogP contribution in [0, 0.1) is 17.2 Å². The van der Waals surface area contributed by atoms with Crippen molar-refractivity contribution in [2.24, 2.45) is 11.3 Å². The molecule has 3 atom stereocenters. The lowest BCUT2D eigenvalue weighted by Gasteiger charge is -2.37. The van der Waals surface area contributed by atoms with E-state index in [1.54, 1.807) is 24.3 Å². The van der Waals surface area contributed by atoms with Gasteiger partial charge in [-0.25, -0.2) is 12.8 Å². The molecule has 0 saturated carbocycles. The molecular weight excluding hydrogens is 603 g/mol. The Kier molecular flexibility index (Phi) is 10.4. The number of rotatable bonds is 12. The molecule has 3 heterocycles. The van der Waals surface area contributed by atoms with E-state index in [2.05, 4.69) is 27.5 Å². The number of carbonyl (C=O) groups is 1. The fourth-order valence-electron chi connectivity index (χ4n) is 7.56. The third-order valence-corrected chi connectivity index (χ3v) is 11.5. The van der Waals surface area contributed by atoms with Crippen LogP contribution >= 0.6 is 0 Å². The van der Waals surface area contributed by atoms with Gasteiger partial charge in [-0.3, -0.25) is 14.4 Å². The minimum Gasteiger partial charge on any atom is -0.480 e. The highest BCUT2D eigenvalue weighted by Crippen LogP contribution is 2.40. The van der Waals surface area contributed by atoms with Crippen molar-refractivity contribution in [2.45, 2.75) is 82.7 Å². The van der Waals surface area contributed by atoms with Gasteiger partial charge in [0.2, 0.25) is 0 Å². The highest BCUT2D eigenvalue weighted by molar-refractivity contribution is 7.90. The number of aryl methyl sites for hydroxylation is 1. The van der Waals surface area contributed by atoms with E-state index in [0.29, 0.717) is 30.3 Å². The van der Waals surface area contributed by atoms with Gasteiger partial charge in [-0.2, -0.15) is 5.10 Å². The number of piperidine rings is 1. The molecule has 250 valence electrons. The van der Waals surface area contributed by atoms with Crippen LogP contribution in [0.15, 0.2) is 59.5 Å². The van der Waals surface area contributed by atoms with Crippen LogP contribution in [-0.4, -0.2) is 84.1 Å². The third-order valence-electron chi connectivity index (χ3n) is 10.4. The Morgan fingerprint density at radius 2 is 1.76 bits per heavy atom. The topological polar surface area (TPSA) is 95.7 Å². The van der Waals surface area contributed by atoms with E-state index in [-0.39, 0.29) is 23.1 Å². The van der Waals surface area contributed by atoms with Gasteiger partial charge in [0.1, 0.15) is 11.9 Å². The molecule has 1 aromatic heterocycles. The Bertz CT molecular complexity index is 1610. The molecule has 2 aromatic carbocycles. The van der Waals surface area contributed by atoms with Gasteiger partial charge in [-0.15, -0.1) is 0 Å². The first-order valence-electron chi connectivity index (χ1n) is 16.6. The summed E-state index contributed by atoms with van der Waals surface area (Å²) in [5.41, 5.74) is 3.83. The van der Waals surface area contributed by atoms with E-state index in [9.17, 15) is 22.7 Å². The number of aliphatic carboxylic acids is 1. The van der Waals surface area contributed by atoms with Gasteiger partial charge in [-0.05, 0) is 92.1 Å². The Morgan fingerprint density at radius 1 is 1.07 bits per heavy atom. The Balaban J connectivity index is 1.26. The number of carboxylic acids is 1. The number of hydrogen-bond donors (Lipinski definition) is 1. The zero-order valence-electron chi connectivity index (χ0n) is 27.8. The van der Waals surface area contributed by atoms with Crippen LogP contribution in [0.3, 0.4) is 0 Å². The molecule has 0 amide bonds. The average molecular weight is 653 g/mol. The number of benzene rings is 2. The second kappa shape index (κ2) is 14.0. The molecular formula is C36H49FN4O4S. The number of likely N-dealkylation sites (tertiary alicyclic amines) is 2. The number of carboxylic acid groups (broad SMARTS) is 1. The summed E-state index contributed by atoms with van der Waals surface area (Å²) >= 11 is 0. The van der Waals surface area contributed by atoms with Gasteiger partial charge in [0.25, 0.3) is 0 Å². The molecule has 2 saturated heterocycles. The number of hydrogen-bond acceptors (Lipinski definition) is 6. The highest BCUT2D eigenvalue weighted by atomic mass is 32.2. The Labute approximate surface area is 273 Å². The predicted octanol–water partition coefficient (Wildman–Crippen LogP) is 5.82. The van der Waals surface area contributed by atoms with Crippen molar-refractivity contribution in [3.63, 3.8) is 0 Å². The predicted molar refractivity (Wildman–Crippen MR) is 178 cm³/mol. The summed E-state index contributed by atoms with van der Waals surface area (Å²) in [4.78, 5) is 17.5. The summed E-state index contributed by atoms with van der Waals surface area (Å²) in [6.07, 6.45) is 4.64. The van der Waals surface area contributed by atoms with Gasteiger partial charge in [0.05, 0.1) is 10.6 Å². The average Bonchev–Trinajstić information content (AvgIpc) is 3.61. The number of nitrogens with zero attached hydrogens (tertiary/aromatic N) is 4.